The minimum atomic E-state index is -0.151. The zero-order valence-electron chi connectivity index (χ0n) is 13.4. The van der Waals surface area contributed by atoms with Gasteiger partial charge in [0.1, 0.15) is 5.82 Å². The Kier molecular flexibility index (Phi) is 5.15. The molecule has 21 heavy (non-hydrogen) atoms. The maximum absolute atomic E-state index is 5.70. The first-order chi connectivity index (χ1) is 10.0. The quantitative estimate of drug-likeness (QED) is 0.850. The van der Waals surface area contributed by atoms with Gasteiger partial charge in [0.05, 0.1) is 17.5 Å². The fourth-order valence-electron chi connectivity index (χ4n) is 2.48. The molecule has 0 saturated heterocycles. The molecule has 0 atom stereocenters. The van der Waals surface area contributed by atoms with E-state index in [-0.39, 0.29) is 5.60 Å². The Morgan fingerprint density at radius 2 is 1.95 bits per heavy atom. The van der Waals surface area contributed by atoms with Gasteiger partial charge in [-0.3, -0.25) is 4.57 Å². The number of nitrogens with one attached hydrogen (secondary N) is 1. The molecule has 2 rings (SSSR count). The molecule has 0 aliphatic carbocycles. The third-order valence-electron chi connectivity index (χ3n) is 3.42. The summed E-state index contributed by atoms with van der Waals surface area (Å²) in [5.74, 6) is 1.00. The molecule has 0 spiro atoms. The molecule has 4 heteroatoms. The van der Waals surface area contributed by atoms with E-state index < -0.39 is 0 Å². The van der Waals surface area contributed by atoms with Crippen LogP contribution in [0.25, 0.3) is 5.69 Å². The average molecular weight is 287 g/mol. The van der Waals surface area contributed by atoms with Crippen molar-refractivity contribution in [3.05, 3.63) is 48.0 Å². The Labute approximate surface area is 127 Å². The number of aromatic nitrogens is 2. The second-order valence-electron chi connectivity index (χ2n) is 5.76. The molecule has 1 aromatic carbocycles. The molecule has 0 amide bonds. The number of rotatable bonds is 7. The number of nitrogens with zero attached hydrogens (tertiary/aromatic N) is 2. The lowest BCUT2D eigenvalue weighted by molar-refractivity contribution is -0.00903. The van der Waals surface area contributed by atoms with Gasteiger partial charge < -0.3 is 10.1 Å². The van der Waals surface area contributed by atoms with Crippen molar-refractivity contribution in [2.75, 3.05) is 13.2 Å². The highest BCUT2D eigenvalue weighted by Gasteiger charge is 2.17. The Balaban J connectivity index is 2.05. The van der Waals surface area contributed by atoms with Crippen molar-refractivity contribution in [2.24, 2.45) is 0 Å². The molecule has 4 nitrogen and oxygen atoms in total. The summed E-state index contributed by atoms with van der Waals surface area (Å²) in [5, 5.41) is 3.46. The molecule has 0 fully saturated rings. The van der Waals surface area contributed by atoms with Gasteiger partial charge in [-0.2, -0.15) is 0 Å². The highest BCUT2D eigenvalue weighted by Crippen LogP contribution is 2.14. The number of benzene rings is 1. The van der Waals surface area contributed by atoms with Gasteiger partial charge >= 0.3 is 0 Å². The second kappa shape index (κ2) is 6.87. The highest BCUT2D eigenvalue weighted by atomic mass is 16.5. The Bertz CT molecular complexity index is 561. The minimum Gasteiger partial charge on any atom is -0.375 e. The zero-order valence-corrected chi connectivity index (χ0v) is 13.4. The molecule has 0 aliphatic rings. The smallest absolute Gasteiger partial charge is 0.110 e. The lowest BCUT2D eigenvalue weighted by Crippen LogP contribution is -2.37. The van der Waals surface area contributed by atoms with Gasteiger partial charge in [-0.15, -0.1) is 0 Å². The molecule has 114 valence electrons. The predicted molar refractivity (Wildman–Crippen MR) is 85.7 cm³/mol. The van der Waals surface area contributed by atoms with Crippen molar-refractivity contribution in [1.29, 1.82) is 0 Å². The van der Waals surface area contributed by atoms with Gasteiger partial charge in [0.25, 0.3) is 0 Å². The van der Waals surface area contributed by atoms with Crippen molar-refractivity contribution >= 4 is 0 Å². The minimum absolute atomic E-state index is 0.151. The summed E-state index contributed by atoms with van der Waals surface area (Å²) in [6, 6.07) is 10.3. The van der Waals surface area contributed by atoms with Gasteiger partial charge in [0.15, 0.2) is 0 Å². The lowest BCUT2D eigenvalue weighted by atomic mass is 10.1. The molecular formula is C17H25N3O. The van der Waals surface area contributed by atoms with Gasteiger partial charge in [-0.1, -0.05) is 18.2 Å². The van der Waals surface area contributed by atoms with Crippen molar-refractivity contribution in [3.8, 4) is 5.69 Å². The SMILES string of the molecule is CCOC(C)(C)CNCc1cnc(C)n1-c1ccccc1. The van der Waals surface area contributed by atoms with Crippen LogP contribution in [-0.4, -0.2) is 28.3 Å². The third kappa shape index (κ3) is 4.16. The monoisotopic (exact) mass is 287 g/mol. The Morgan fingerprint density at radius 1 is 1.24 bits per heavy atom. The fourth-order valence-corrected chi connectivity index (χ4v) is 2.48. The summed E-state index contributed by atoms with van der Waals surface area (Å²) >= 11 is 0. The number of imidazole rings is 1. The van der Waals surface area contributed by atoms with Crippen LogP contribution in [0.1, 0.15) is 32.3 Å². The van der Waals surface area contributed by atoms with E-state index in [9.17, 15) is 0 Å². The Hall–Kier alpha value is -1.65. The average Bonchev–Trinajstić information content (AvgIpc) is 2.80. The lowest BCUT2D eigenvalue weighted by Gasteiger charge is -2.25. The van der Waals surface area contributed by atoms with E-state index in [1.165, 1.54) is 0 Å². The van der Waals surface area contributed by atoms with E-state index >= 15 is 0 Å². The molecule has 1 aromatic heterocycles. The standard InChI is InChI=1S/C17H25N3O/c1-5-21-17(3,4)13-18-11-16-12-19-14(2)20(16)15-9-7-6-8-10-15/h6-10,12,18H,5,11,13H2,1-4H3. The second-order valence-corrected chi connectivity index (χ2v) is 5.76. The first kappa shape index (κ1) is 15.7. The van der Waals surface area contributed by atoms with Crippen LogP contribution in [0.4, 0.5) is 0 Å². The molecule has 2 aromatic rings. The molecule has 0 unspecified atom stereocenters. The summed E-state index contributed by atoms with van der Waals surface area (Å²) < 4.78 is 7.88. The van der Waals surface area contributed by atoms with Crippen molar-refractivity contribution in [2.45, 2.75) is 39.8 Å². The summed E-state index contributed by atoms with van der Waals surface area (Å²) in [4.78, 5) is 4.44. The van der Waals surface area contributed by atoms with Crippen LogP contribution in [0, 0.1) is 6.92 Å². The maximum atomic E-state index is 5.70. The number of ether oxygens (including phenoxy) is 1. The van der Waals surface area contributed by atoms with E-state index in [4.69, 9.17) is 4.74 Å². The molecule has 1 heterocycles. The van der Waals surface area contributed by atoms with Crippen LogP contribution < -0.4 is 5.32 Å². The third-order valence-corrected chi connectivity index (χ3v) is 3.42. The largest absolute Gasteiger partial charge is 0.375 e. The molecule has 1 N–H and O–H groups in total. The Morgan fingerprint density at radius 3 is 2.62 bits per heavy atom. The molecule has 0 bridgehead atoms. The number of aryl methyl sites for hydroxylation is 1. The van der Waals surface area contributed by atoms with Crippen molar-refractivity contribution in [1.82, 2.24) is 14.9 Å². The van der Waals surface area contributed by atoms with Crippen LogP contribution in [0.3, 0.4) is 0 Å². The van der Waals surface area contributed by atoms with Crippen LogP contribution in [0.2, 0.25) is 0 Å². The van der Waals surface area contributed by atoms with Gasteiger partial charge in [-0.25, -0.2) is 4.98 Å². The summed E-state index contributed by atoms with van der Waals surface area (Å²) in [6.45, 7) is 10.6. The molecule has 0 saturated carbocycles. The van der Waals surface area contributed by atoms with E-state index in [1.807, 2.05) is 38.2 Å². The first-order valence-corrected chi connectivity index (χ1v) is 7.47. The predicted octanol–water partition coefficient (Wildman–Crippen LogP) is 3.09. The number of hydrogen-bond donors (Lipinski definition) is 1. The van der Waals surface area contributed by atoms with E-state index in [0.29, 0.717) is 0 Å². The first-order valence-electron chi connectivity index (χ1n) is 7.47. The highest BCUT2D eigenvalue weighted by molar-refractivity contribution is 5.35. The van der Waals surface area contributed by atoms with Gasteiger partial charge in [0, 0.05) is 25.4 Å². The van der Waals surface area contributed by atoms with E-state index in [0.717, 1.165) is 36.9 Å². The zero-order chi connectivity index (χ0) is 15.3. The van der Waals surface area contributed by atoms with Crippen LogP contribution in [0.5, 0.6) is 0 Å². The molecule has 0 aliphatic heterocycles. The summed E-state index contributed by atoms with van der Waals surface area (Å²) in [7, 11) is 0. The van der Waals surface area contributed by atoms with E-state index in [2.05, 4.69) is 40.8 Å². The van der Waals surface area contributed by atoms with Gasteiger partial charge in [0.2, 0.25) is 0 Å². The molecule has 0 radical (unpaired) electrons. The summed E-state index contributed by atoms with van der Waals surface area (Å²) in [6.07, 6.45) is 1.93. The summed E-state index contributed by atoms with van der Waals surface area (Å²) in [5.41, 5.74) is 2.15. The number of para-hydroxylation sites is 1. The van der Waals surface area contributed by atoms with Crippen LogP contribution in [0.15, 0.2) is 36.5 Å². The fraction of sp³-hybridized carbons (Fsp3) is 0.471. The number of hydrogen-bond acceptors (Lipinski definition) is 3. The molecular weight excluding hydrogens is 262 g/mol. The van der Waals surface area contributed by atoms with Gasteiger partial charge in [-0.05, 0) is 39.8 Å². The van der Waals surface area contributed by atoms with Crippen LogP contribution in [-0.2, 0) is 11.3 Å². The van der Waals surface area contributed by atoms with E-state index in [1.54, 1.807) is 0 Å². The topological polar surface area (TPSA) is 39.1 Å². The van der Waals surface area contributed by atoms with Crippen molar-refractivity contribution < 1.29 is 4.74 Å². The maximum Gasteiger partial charge on any atom is 0.110 e. The van der Waals surface area contributed by atoms with Crippen molar-refractivity contribution in [3.63, 3.8) is 0 Å². The normalized spacial score (nSPS) is 11.8. The van der Waals surface area contributed by atoms with Crippen LogP contribution >= 0.6 is 0 Å².